The normalized spacial score (nSPS) is 12.1. The number of nitrogens with one attached hydrogen (secondary N) is 2. The SMILES string of the molecule is COc1cc(NC(=O)N[C@@H](COP(=O)(O)O)Cc2ccccc2)cc(OC)c1. The van der Waals surface area contributed by atoms with Crippen LogP contribution in [0.15, 0.2) is 48.5 Å². The minimum Gasteiger partial charge on any atom is -0.497 e. The zero-order chi connectivity index (χ0) is 20.6. The van der Waals surface area contributed by atoms with E-state index in [1.54, 1.807) is 18.2 Å². The van der Waals surface area contributed by atoms with Crippen molar-refractivity contribution in [1.29, 1.82) is 0 Å². The summed E-state index contributed by atoms with van der Waals surface area (Å²) in [6, 6.07) is 12.9. The molecule has 4 N–H and O–H groups in total. The predicted octanol–water partition coefficient (Wildman–Crippen LogP) is 2.55. The third kappa shape index (κ3) is 7.58. The Morgan fingerprint density at radius 1 is 1.07 bits per heavy atom. The molecule has 0 aliphatic rings. The van der Waals surface area contributed by atoms with Crippen LogP contribution < -0.4 is 20.1 Å². The number of carbonyl (C=O) groups excluding carboxylic acids is 1. The summed E-state index contributed by atoms with van der Waals surface area (Å²) in [5, 5.41) is 5.31. The Hall–Kier alpha value is -2.58. The second kappa shape index (κ2) is 10.1. The van der Waals surface area contributed by atoms with Crippen LogP contribution in [-0.4, -0.2) is 42.7 Å². The van der Waals surface area contributed by atoms with Gasteiger partial charge in [0.05, 0.1) is 26.9 Å². The van der Waals surface area contributed by atoms with Crippen molar-refractivity contribution in [2.24, 2.45) is 0 Å². The van der Waals surface area contributed by atoms with Gasteiger partial charge in [0.15, 0.2) is 0 Å². The van der Waals surface area contributed by atoms with E-state index in [1.807, 2.05) is 30.3 Å². The van der Waals surface area contributed by atoms with E-state index in [4.69, 9.17) is 19.3 Å². The molecule has 0 heterocycles. The molecule has 0 bridgehead atoms. The van der Waals surface area contributed by atoms with Crippen molar-refractivity contribution in [1.82, 2.24) is 5.32 Å². The molecule has 2 aromatic rings. The molecule has 9 nitrogen and oxygen atoms in total. The van der Waals surface area contributed by atoms with Gasteiger partial charge in [-0.05, 0) is 12.0 Å². The monoisotopic (exact) mass is 410 g/mol. The van der Waals surface area contributed by atoms with Crippen molar-refractivity contribution in [3.63, 3.8) is 0 Å². The lowest BCUT2D eigenvalue weighted by Gasteiger charge is -2.20. The van der Waals surface area contributed by atoms with E-state index in [-0.39, 0.29) is 6.61 Å². The van der Waals surface area contributed by atoms with E-state index in [1.165, 1.54) is 14.2 Å². The third-order valence-electron chi connectivity index (χ3n) is 3.71. The lowest BCUT2D eigenvalue weighted by atomic mass is 10.1. The van der Waals surface area contributed by atoms with Gasteiger partial charge in [-0.1, -0.05) is 30.3 Å². The fraction of sp³-hybridized carbons (Fsp3) is 0.278. The summed E-state index contributed by atoms with van der Waals surface area (Å²) in [5.41, 5.74) is 1.31. The first-order valence-electron chi connectivity index (χ1n) is 8.33. The number of methoxy groups -OCH3 is 2. The number of phosphoric ester groups is 1. The Morgan fingerprint density at radius 2 is 1.68 bits per heavy atom. The van der Waals surface area contributed by atoms with Crippen LogP contribution in [0.4, 0.5) is 10.5 Å². The molecule has 152 valence electrons. The van der Waals surface area contributed by atoms with Crippen LogP contribution in [0.1, 0.15) is 5.56 Å². The van der Waals surface area contributed by atoms with Gasteiger partial charge in [0.1, 0.15) is 11.5 Å². The quantitative estimate of drug-likeness (QED) is 0.468. The summed E-state index contributed by atoms with van der Waals surface area (Å²) in [6.07, 6.45) is 0.329. The zero-order valence-corrected chi connectivity index (χ0v) is 16.4. The number of anilines is 1. The molecule has 10 heteroatoms. The van der Waals surface area contributed by atoms with Gasteiger partial charge in [0.2, 0.25) is 0 Å². The highest BCUT2D eigenvalue weighted by atomic mass is 31.2. The van der Waals surface area contributed by atoms with Crippen LogP contribution >= 0.6 is 7.82 Å². The van der Waals surface area contributed by atoms with Crippen LogP contribution in [0.2, 0.25) is 0 Å². The molecule has 0 aromatic heterocycles. The number of rotatable bonds is 9. The molecule has 0 saturated heterocycles. The highest BCUT2D eigenvalue weighted by molar-refractivity contribution is 7.46. The molecular weight excluding hydrogens is 387 g/mol. The molecule has 28 heavy (non-hydrogen) atoms. The van der Waals surface area contributed by atoms with Gasteiger partial charge in [-0.3, -0.25) is 4.52 Å². The minimum absolute atomic E-state index is 0.329. The van der Waals surface area contributed by atoms with Crippen LogP contribution in [0, 0.1) is 0 Å². The molecule has 0 aliphatic heterocycles. The van der Waals surface area contributed by atoms with Crippen LogP contribution in [0.5, 0.6) is 11.5 Å². The summed E-state index contributed by atoms with van der Waals surface area (Å²) < 4.78 is 25.9. The van der Waals surface area contributed by atoms with Crippen LogP contribution in [0.3, 0.4) is 0 Å². The van der Waals surface area contributed by atoms with Gasteiger partial charge in [-0.2, -0.15) is 0 Å². The molecule has 0 unspecified atom stereocenters. The first-order valence-corrected chi connectivity index (χ1v) is 9.86. The molecule has 0 saturated carbocycles. The Labute approximate surface area is 162 Å². The van der Waals surface area contributed by atoms with Gasteiger partial charge in [0, 0.05) is 23.9 Å². The number of benzene rings is 2. The maximum Gasteiger partial charge on any atom is 0.469 e. The second-order valence-corrected chi connectivity index (χ2v) is 7.11. The smallest absolute Gasteiger partial charge is 0.469 e. The van der Waals surface area contributed by atoms with Gasteiger partial charge in [-0.15, -0.1) is 0 Å². The molecule has 0 radical (unpaired) electrons. The summed E-state index contributed by atoms with van der Waals surface area (Å²) in [6.45, 7) is -0.353. The Morgan fingerprint density at radius 3 is 2.21 bits per heavy atom. The number of urea groups is 1. The molecule has 2 rings (SSSR count). The molecule has 0 aliphatic carbocycles. The van der Waals surface area contributed by atoms with Gasteiger partial charge < -0.3 is 29.9 Å². The van der Waals surface area contributed by atoms with Crippen molar-refractivity contribution in [3.8, 4) is 11.5 Å². The topological polar surface area (TPSA) is 126 Å². The molecule has 0 spiro atoms. The number of phosphoric acid groups is 1. The van der Waals surface area contributed by atoms with Gasteiger partial charge >= 0.3 is 13.9 Å². The standard InChI is InChI=1S/C18H23N2O7P/c1-25-16-9-14(10-17(11-16)26-2)19-18(21)20-15(12-27-28(22,23)24)8-13-6-4-3-5-7-13/h3-7,9-11,15H,8,12H2,1-2H3,(H2,19,20,21)(H2,22,23,24)/t15-/m1/s1. The van der Waals surface area contributed by atoms with E-state index in [0.717, 1.165) is 5.56 Å². The van der Waals surface area contributed by atoms with Crippen molar-refractivity contribution in [3.05, 3.63) is 54.1 Å². The molecule has 2 amide bonds. The number of hydrogen-bond acceptors (Lipinski definition) is 5. The largest absolute Gasteiger partial charge is 0.497 e. The average molecular weight is 410 g/mol. The van der Waals surface area contributed by atoms with E-state index < -0.39 is 19.9 Å². The Balaban J connectivity index is 2.07. The highest BCUT2D eigenvalue weighted by Crippen LogP contribution is 2.35. The first-order chi connectivity index (χ1) is 13.3. The summed E-state index contributed by atoms with van der Waals surface area (Å²) in [7, 11) is -1.67. The maximum atomic E-state index is 12.4. The maximum absolute atomic E-state index is 12.4. The molecular formula is C18H23N2O7P. The summed E-state index contributed by atoms with van der Waals surface area (Å²) in [5.74, 6) is 1.00. The first kappa shape index (κ1) is 21.7. The van der Waals surface area contributed by atoms with Crippen molar-refractivity contribution in [2.75, 3.05) is 26.1 Å². The Bertz CT molecular complexity index is 804. The van der Waals surface area contributed by atoms with Crippen LogP contribution in [-0.2, 0) is 15.5 Å². The molecule has 0 fully saturated rings. The zero-order valence-electron chi connectivity index (χ0n) is 15.5. The third-order valence-corrected chi connectivity index (χ3v) is 4.20. The fourth-order valence-corrected chi connectivity index (χ4v) is 2.84. The van der Waals surface area contributed by atoms with Crippen molar-refractivity contribution >= 4 is 19.5 Å². The summed E-state index contributed by atoms with van der Waals surface area (Å²) in [4.78, 5) is 30.3. The average Bonchev–Trinajstić information content (AvgIpc) is 2.66. The number of carbonyl (C=O) groups is 1. The van der Waals surface area contributed by atoms with E-state index in [9.17, 15) is 9.36 Å². The van der Waals surface area contributed by atoms with E-state index in [0.29, 0.717) is 23.6 Å². The van der Waals surface area contributed by atoms with E-state index in [2.05, 4.69) is 15.2 Å². The predicted molar refractivity (Wildman–Crippen MR) is 104 cm³/mol. The van der Waals surface area contributed by atoms with Gasteiger partial charge in [-0.25, -0.2) is 9.36 Å². The minimum atomic E-state index is -4.66. The van der Waals surface area contributed by atoms with Crippen molar-refractivity contribution in [2.45, 2.75) is 12.5 Å². The summed E-state index contributed by atoms with van der Waals surface area (Å²) >= 11 is 0. The Kier molecular flexibility index (Phi) is 7.83. The molecule has 2 aromatic carbocycles. The number of amides is 2. The lowest BCUT2D eigenvalue weighted by molar-refractivity contribution is 0.176. The molecule has 1 atom stereocenters. The fourth-order valence-electron chi connectivity index (χ4n) is 2.47. The highest BCUT2D eigenvalue weighted by Gasteiger charge is 2.20. The van der Waals surface area contributed by atoms with Crippen LogP contribution in [0.25, 0.3) is 0 Å². The van der Waals surface area contributed by atoms with E-state index >= 15 is 0 Å². The van der Waals surface area contributed by atoms with Gasteiger partial charge in [0.25, 0.3) is 0 Å². The van der Waals surface area contributed by atoms with Crippen molar-refractivity contribution < 1.29 is 33.1 Å². The second-order valence-electron chi connectivity index (χ2n) is 5.87. The lowest BCUT2D eigenvalue weighted by Crippen LogP contribution is -2.42. The number of hydrogen-bond donors (Lipinski definition) is 4. The number of ether oxygens (including phenoxy) is 2.